The van der Waals surface area contributed by atoms with E-state index < -0.39 is 0 Å². The first-order valence-electron chi connectivity index (χ1n) is 18.3. The molecule has 50 heavy (non-hydrogen) atoms. The Morgan fingerprint density at radius 2 is 1.64 bits per heavy atom. The summed E-state index contributed by atoms with van der Waals surface area (Å²) in [5, 5.41) is 5.25. The zero-order chi connectivity index (χ0) is 33.0. The standard InChI is InChI=1S/C46H40N4/c1-3-13-31(14-4-1)32-23-25-33(26-24-32)38-27-28-40-39(47-38)29-30-44(48-40)50-42-21-11-8-18-36(42)45-35-17-7-10-20-41(35)49(34-15-5-2-6-16-34)46(45)37-19-9-12-22-43(37)50/h1-3,5,7-12,15,17-31,36,40,42,48H,4,6,13-14,16H2/t31-,36?,40?,42?/m1/s1. The topological polar surface area (TPSA) is 32.6 Å². The lowest BCUT2D eigenvalue weighted by Gasteiger charge is -2.40. The van der Waals surface area contributed by atoms with Crippen molar-refractivity contribution in [2.24, 2.45) is 4.99 Å². The highest BCUT2D eigenvalue weighted by atomic mass is 15.3. The molecule has 4 aromatic rings. The first kappa shape index (κ1) is 29.3. The van der Waals surface area contributed by atoms with Gasteiger partial charge in [-0.3, -0.25) is 4.99 Å². The van der Waals surface area contributed by atoms with Gasteiger partial charge in [-0.05, 0) is 85.6 Å². The molecule has 0 amide bonds. The lowest BCUT2D eigenvalue weighted by molar-refractivity contribution is 0.616. The monoisotopic (exact) mass is 648 g/mol. The molecule has 0 radical (unpaired) electrons. The first-order valence-corrected chi connectivity index (χ1v) is 18.3. The van der Waals surface area contributed by atoms with Crippen molar-refractivity contribution in [1.29, 1.82) is 0 Å². The molecule has 3 unspecified atom stereocenters. The summed E-state index contributed by atoms with van der Waals surface area (Å²) in [5.74, 6) is 1.89. The molecule has 0 saturated carbocycles. The molecule has 0 bridgehead atoms. The number of para-hydroxylation sites is 2. The predicted octanol–water partition coefficient (Wildman–Crippen LogP) is 10.5. The van der Waals surface area contributed by atoms with E-state index in [1.54, 1.807) is 0 Å². The third kappa shape index (κ3) is 4.77. The van der Waals surface area contributed by atoms with E-state index in [9.17, 15) is 0 Å². The van der Waals surface area contributed by atoms with Gasteiger partial charge in [-0.25, -0.2) is 0 Å². The third-order valence-corrected chi connectivity index (χ3v) is 11.3. The SMILES string of the molecule is C1=CCCC(n2c3c(c4ccccc42)C2C=CC=CC2N(C2=CC=C4N=C(c5ccc([C@@H]6CC=CCC6)cc5)C=CC4N2)c2ccccc2-3)=C1. The molecule has 244 valence electrons. The van der Waals surface area contributed by atoms with Crippen LogP contribution in [0.15, 0.2) is 168 Å². The molecule has 3 aliphatic carbocycles. The largest absolute Gasteiger partial charge is 0.360 e. The molecule has 0 fully saturated rings. The average molecular weight is 649 g/mol. The Morgan fingerprint density at radius 3 is 2.52 bits per heavy atom. The minimum atomic E-state index is 0.000221. The number of fused-ring (bicyclic) bond motifs is 8. The summed E-state index contributed by atoms with van der Waals surface area (Å²) < 4.78 is 2.55. The molecule has 4 heterocycles. The molecule has 3 aromatic carbocycles. The van der Waals surface area contributed by atoms with Gasteiger partial charge in [0, 0.05) is 28.1 Å². The molecule has 0 spiro atoms. The van der Waals surface area contributed by atoms with Crippen molar-refractivity contribution in [3.05, 3.63) is 180 Å². The Morgan fingerprint density at radius 1 is 0.760 bits per heavy atom. The highest BCUT2D eigenvalue weighted by molar-refractivity contribution is 6.10. The number of aromatic nitrogens is 1. The molecular weight excluding hydrogens is 609 g/mol. The van der Waals surface area contributed by atoms with Gasteiger partial charge in [-0.15, -0.1) is 0 Å². The van der Waals surface area contributed by atoms with Crippen LogP contribution in [0, 0.1) is 0 Å². The molecule has 3 aliphatic heterocycles. The number of anilines is 1. The molecule has 4 nitrogen and oxygen atoms in total. The summed E-state index contributed by atoms with van der Waals surface area (Å²) >= 11 is 0. The number of benzene rings is 3. The third-order valence-electron chi connectivity index (χ3n) is 11.3. The zero-order valence-electron chi connectivity index (χ0n) is 28.1. The second kappa shape index (κ2) is 12.1. The number of allylic oxidation sites excluding steroid dienone is 11. The van der Waals surface area contributed by atoms with Crippen molar-refractivity contribution in [3.63, 3.8) is 0 Å². The molecule has 4 heteroatoms. The maximum atomic E-state index is 5.18. The predicted molar refractivity (Wildman–Crippen MR) is 208 cm³/mol. The van der Waals surface area contributed by atoms with Gasteiger partial charge < -0.3 is 14.8 Å². The van der Waals surface area contributed by atoms with Gasteiger partial charge in [0.15, 0.2) is 0 Å². The fourth-order valence-electron chi connectivity index (χ4n) is 8.89. The molecule has 4 atom stereocenters. The van der Waals surface area contributed by atoms with Crippen LogP contribution in [0.1, 0.15) is 60.6 Å². The number of nitrogens with zero attached hydrogens (tertiary/aromatic N) is 3. The van der Waals surface area contributed by atoms with Gasteiger partial charge in [0.2, 0.25) is 0 Å². The summed E-state index contributed by atoms with van der Waals surface area (Å²) in [7, 11) is 0. The van der Waals surface area contributed by atoms with Crippen LogP contribution in [0.2, 0.25) is 0 Å². The van der Waals surface area contributed by atoms with Crippen molar-refractivity contribution in [2.75, 3.05) is 4.90 Å². The Labute approximate surface area is 294 Å². The number of dihydropyridines is 2. The molecular formula is C46H40N4. The second-order valence-electron chi connectivity index (χ2n) is 14.1. The number of hydrogen-bond donors (Lipinski definition) is 1. The van der Waals surface area contributed by atoms with Crippen LogP contribution in [0.3, 0.4) is 0 Å². The first-order chi connectivity index (χ1) is 24.8. The van der Waals surface area contributed by atoms with E-state index in [1.807, 2.05) is 0 Å². The number of rotatable bonds is 4. The van der Waals surface area contributed by atoms with E-state index in [4.69, 9.17) is 4.99 Å². The summed E-state index contributed by atoms with van der Waals surface area (Å²) in [4.78, 5) is 7.71. The van der Waals surface area contributed by atoms with Crippen LogP contribution >= 0.6 is 0 Å². The van der Waals surface area contributed by atoms with E-state index in [0.29, 0.717) is 5.92 Å². The molecule has 0 saturated heterocycles. The van der Waals surface area contributed by atoms with E-state index in [0.717, 1.165) is 36.5 Å². The number of hydrogen-bond acceptors (Lipinski definition) is 3. The van der Waals surface area contributed by atoms with Crippen molar-refractivity contribution >= 4 is 28.0 Å². The number of aliphatic imine (C=N–C) groups is 1. The minimum Gasteiger partial charge on any atom is -0.360 e. The van der Waals surface area contributed by atoms with Gasteiger partial charge in [0.25, 0.3) is 0 Å². The summed E-state index contributed by atoms with van der Waals surface area (Å²) in [5.41, 5.74) is 12.5. The highest BCUT2D eigenvalue weighted by Crippen LogP contribution is 2.51. The maximum absolute atomic E-state index is 5.18. The van der Waals surface area contributed by atoms with Gasteiger partial charge in [-0.1, -0.05) is 115 Å². The Hall–Kier alpha value is -5.61. The highest BCUT2D eigenvalue weighted by Gasteiger charge is 2.40. The lowest BCUT2D eigenvalue weighted by Crippen LogP contribution is -2.46. The Balaban J connectivity index is 1.06. The van der Waals surface area contributed by atoms with E-state index in [2.05, 4.69) is 167 Å². The van der Waals surface area contributed by atoms with Crippen LogP contribution in [-0.2, 0) is 0 Å². The fraction of sp³-hybridized carbons (Fsp3) is 0.196. The van der Waals surface area contributed by atoms with Crippen molar-refractivity contribution < 1.29 is 0 Å². The summed E-state index contributed by atoms with van der Waals surface area (Å²) in [6.07, 6.45) is 35.2. The van der Waals surface area contributed by atoms with E-state index >= 15 is 0 Å². The van der Waals surface area contributed by atoms with Gasteiger partial charge in [0.05, 0.1) is 40.4 Å². The van der Waals surface area contributed by atoms with Crippen LogP contribution in [0.4, 0.5) is 5.69 Å². The molecule has 1 aromatic heterocycles. The zero-order valence-corrected chi connectivity index (χ0v) is 28.1. The molecule has 6 aliphatic rings. The van der Waals surface area contributed by atoms with E-state index in [-0.39, 0.29) is 18.0 Å². The molecule has 1 N–H and O–H groups in total. The van der Waals surface area contributed by atoms with Crippen LogP contribution in [0.5, 0.6) is 0 Å². The van der Waals surface area contributed by atoms with Crippen molar-refractivity contribution in [3.8, 4) is 11.3 Å². The van der Waals surface area contributed by atoms with Gasteiger partial charge in [0.1, 0.15) is 5.82 Å². The summed E-state index contributed by atoms with van der Waals surface area (Å²) in [6.45, 7) is 0. The quantitative estimate of drug-likeness (QED) is 0.223. The Kier molecular flexibility index (Phi) is 7.07. The number of nitrogens with one attached hydrogen (secondary N) is 1. The van der Waals surface area contributed by atoms with Gasteiger partial charge >= 0.3 is 0 Å². The molecule has 10 rings (SSSR count). The maximum Gasteiger partial charge on any atom is 0.107 e. The van der Waals surface area contributed by atoms with Crippen molar-refractivity contribution in [2.45, 2.75) is 56.0 Å². The van der Waals surface area contributed by atoms with Crippen LogP contribution in [0.25, 0.3) is 27.9 Å². The minimum absolute atomic E-state index is 0.000221. The lowest BCUT2D eigenvalue weighted by atomic mass is 9.85. The van der Waals surface area contributed by atoms with Crippen molar-refractivity contribution in [1.82, 2.24) is 9.88 Å². The van der Waals surface area contributed by atoms with E-state index in [1.165, 1.54) is 63.1 Å². The van der Waals surface area contributed by atoms with Gasteiger partial charge in [-0.2, -0.15) is 0 Å². The Bertz CT molecular complexity index is 2300. The van der Waals surface area contributed by atoms with Crippen LogP contribution in [-0.4, -0.2) is 22.4 Å². The average Bonchev–Trinajstić information content (AvgIpc) is 3.47. The second-order valence-corrected chi connectivity index (χ2v) is 14.1. The smallest absolute Gasteiger partial charge is 0.107 e. The summed E-state index contributed by atoms with van der Waals surface area (Å²) in [6, 6.07) is 27.2. The van der Waals surface area contributed by atoms with Crippen LogP contribution < -0.4 is 10.2 Å². The normalized spacial score (nSPS) is 24.6. The fourth-order valence-corrected chi connectivity index (χ4v) is 8.89.